The zero-order valence-corrected chi connectivity index (χ0v) is 10.8. The summed E-state index contributed by atoms with van der Waals surface area (Å²) in [4.78, 5) is 7.92. The Morgan fingerprint density at radius 1 is 1.53 bits per heavy atom. The summed E-state index contributed by atoms with van der Waals surface area (Å²) in [5, 5.41) is 0. The van der Waals surface area contributed by atoms with Crippen molar-refractivity contribution < 1.29 is 0 Å². The molecule has 2 N–H and O–H groups in total. The maximum atomic E-state index is 5.85. The van der Waals surface area contributed by atoms with Crippen molar-refractivity contribution in [3.63, 3.8) is 0 Å². The van der Waals surface area contributed by atoms with Gasteiger partial charge in [0.2, 0.25) is 0 Å². The Hall–Kier alpha value is -0.450. The van der Waals surface area contributed by atoms with Crippen molar-refractivity contribution in [1.29, 1.82) is 0 Å². The topological polar surface area (TPSA) is 42.2 Å². The SMILES string of the molecule is Cc1ncsc1CN(C)CC(C)C(C)N. The van der Waals surface area contributed by atoms with Crippen molar-refractivity contribution in [3.05, 3.63) is 16.1 Å². The van der Waals surface area contributed by atoms with Crippen molar-refractivity contribution >= 4 is 11.3 Å². The van der Waals surface area contributed by atoms with Crippen molar-refractivity contribution in [2.75, 3.05) is 13.6 Å². The summed E-state index contributed by atoms with van der Waals surface area (Å²) in [6.45, 7) is 8.34. The molecule has 0 aliphatic rings. The van der Waals surface area contributed by atoms with Crippen LogP contribution in [0.4, 0.5) is 0 Å². The van der Waals surface area contributed by atoms with Gasteiger partial charge >= 0.3 is 0 Å². The Morgan fingerprint density at radius 2 is 2.20 bits per heavy atom. The average Bonchev–Trinajstić information content (AvgIpc) is 2.51. The van der Waals surface area contributed by atoms with E-state index in [0.717, 1.165) is 18.8 Å². The first-order valence-electron chi connectivity index (χ1n) is 5.33. The van der Waals surface area contributed by atoms with Gasteiger partial charge in [-0.1, -0.05) is 6.92 Å². The lowest BCUT2D eigenvalue weighted by molar-refractivity contribution is 0.263. The molecule has 0 amide bonds. The molecule has 0 spiro atoms. The Labute approximate surface area is 96.3 Å². The first-order valence-corrected chi connectivity index (χ1v) is 6.21. The molecule has 0 aromatic carbocycles. The van der Waals surface area contributed by atoms with E-state index in [0.29, 0.717) is 5.92 Å². The van der Waals surface area contributed by atoms with Crippen LogP contribution in [-0.2, 0) is 6.54 Å². The lowest BCUT2D eigenvalue weighted by atomic mass is 10.0. The predicted octanol–water partition coefficient (Wildman–Crippen LogP) is 1.87. The van der Waals surface area contributed by atoms with Gasteiger partial charge in [-0.25, -0.2) is 4.98 Å². The highest BCUT2D eigenvalue weighted by Gasteiger charge is 2.12. The van der Waals surface area contributed by atoms with Crippen LogP contribution in [0, 0.1) is 12.8 Å². The number of hydrogen-bond acceptors (Lipinski definition) is 4. The minimum atomic E-state index is 0.259. The first-order chi connectivity index (χ1) is 7.00. The van der Waals surface area contributed by atoms with Crippen molar-refractivity contribution in [1.82, 2.24) is 9.88 Å². The van der Waals surface area contributed by atoms with Gasteiger partial charge in [-0.2, -0.15) is 0 Å². The summed E-state index contributed by atoms with van der Waals surface area (Å²) in [6, 6.07) is 0.259. The summed E-state index contributed by atoms with van der Waals surface area (Å²) in [5.41, 5.74) is 8.91. The third-order valence-electron chi connectivity index (χ3n) is 2.76. The fraction of sp³-hybridized carbons (Fsp3) is 0.727. The highest BCUT2D eigenvalue weighted by molar-refractivity contribution is 7.09. The smallest absolute Gasteiger partial charge is 0.0798 e. The first kappa shape index (κ1) is 12.6. The highest BCUT2D eigenvalue weighted by Crippen LogP contribution is 2.15. The van der Waals surface area contributed by atoms with E-state index in [-0.39, 0.29) is 6.04 Å². The molecule has 0 bridgehead atoms. The van der Waals surface area contributed by atoms with Gasteiger partial charge in [-0.15, -0.1) is 11.3 Å². The van der Waals surface area contributed by atoms with E-state index in [1.165, 1.54) is 4.88 Å². The Bertz CT molecular complexity index is 296. The van der Waals surface area contributed by atoms with E-state index in [1.54, 1.807) is 11.3 Å². The highest BCUT2D eigenvalue weighted by atomic mass is 32.1. The summed E-state index contributed by atoms with van der Waals surface area (Å²) >= 11 is 1.73. The van der Waals surface area contributed by atoms with Crippen LogP contribution in [0.3, 0.4) is 0 Å². The van der Waals surface area contributed by atoms with Crippen LogP contribution in [0.15, 0.2) is 5.51 Å². The molecule has 1 aromatic rings. The molecule has 1 aromatic heterocycles. The summed E-state index contributed by atoms with van der Waals surface area (Å²) in [6.07, 6.45) is 0. The second kappa shape index (κ2) is 5.58. The molecule has 4 heteroatoms. The Morgan fingerprint density at radius 3 is 2.67 bits per heavy atom. The zero-order valence-electron chi connectivity index (χ0n) is 10.0. The molecule has 0 fully saturated rings. The van der Waals surface area contributed by atoms with Crippen LogP contribution >= 0.6 is 11.3 Å². The van der Waals surface area contributed by atoms with Gasteiger partial charge in [0.1, 0.15) is 0 Å². The molecule has 1 heterocycles. The number of aromatic nitrogens is 1. The fourth-order valence-electron chi connectivity index (χ4n) is 1.45. The van der Waals surface area contributed by atoms with Gasteiger partial charge in [0.25, 0.3) is 0 Å². The molecule has 0 saturated carbocycles. The van der Waals surface area contributed by atoms with Gasteiger partial charge in [0.05, 0.1) is 11.2 Å². The van der Waals surface area contributed by atoms with Gasteiger partial charge in [0, 0.05) is 24.0 Å². The molecule has 86 valence electrons. The second-order valence-electron chi connectivity index (χ2n) is 4.39. The van der Waals surface area contributed by atoms with Gasteiger partial charge < -0.3 is 10.6 Å². The van der Waals surface area contributed by atoms with Crippen LogP contribution < -0.4 is 5.73 Å². The monoisotopic (exact) mass is 227 g/mol. The molecular weight excluding hydrogens is 206 g/mol. The quantitative estimate of drug-likeness (QED) is 0.835. The van der Waals surface area contributed by atoms with Crippen LogP contribution in [0.25, 0.3) is 0 Å². The predicted molar refractivity (Wildman–Crippen MR) is 66.0 cm³/mol. The number of rotatable bonds is 5. The molecule has 0 radical (unpaired) electrons. The summed E-state index contributed by atoms with van der Waals surface area (Å²) in [5.74, 6) is 0.531. The zero-order chi connectivity index (χ0) is 11.4. The number of nitrogens with zero attached hydrogens (tertiary/aromatic N) is 2. The van der Waals surface area contributed by atoms with E-state index in [2.05, 4.69) is 37.7 Å². The van der Waals surface area contributed by atoms with E-state index in [4.69, 9.17) is 5.73 Å². The minimum absolute atomic E-state index is 0.259. The van der Waals surface area contributed by atoms with E-state index < -0.39 is 0 Å². The number of aryl methyl sites for hydroxylation is 1. The van der Waals surface area contributed by atoms with Crippen LogP contribution in [0.1, 0.15) is 24.4 Å². The normalized spacial score (nSPS) is 15.6. The fourth-order valence-corrected chi connectivity index (χ4v) is 2.30. The van der Waals surface area contributed by atoms with E-state index in [1.807, 2.05) is 5.51 Å². The molecule has 2 unspecified atom stereocenters. The molecule has 1 rings (SSSR count). The van der Waals surface area contributed by atoms with Crippen LogP contribution in [0.5, 0.6) is 0 Å². The van der Waals surface area contributed by atoms with Crippen LogP contribution in [0.2, 0.25) is 0 Å². The molecule has 3 nitrogen and oxygen atoms in total. The second-order valence-corrected chi connectivity index (χ2v) is 5.33. The number of nitrogens with two attached hydrogens (primary N) is 1. The van der Waals surface area contributed by atoms with Gasteiger partial charge in [-0.05, 0) is 26.8 Å². The molecular formula is C11H21N3S. The maximum absolute atomic E-state index is 5.85. The average molecular weight is 227 g/mol. The molecule has 15 heavy (non-hydrogen) atoms. The van der Waals surface area contributed by atoms with Gasteiger partial charge in [0.15, 0.2) is 0 Å². The van der Waals surface area contributed by atoms with Crippen molar-refractivity contribution in [2.24, 2.45) is 11.7 Å². The third-order valence-corrected chi connectivity index (χ3v) is 3.68. The third kappa shape index (κ3) is 3.89. The van der Waals surface area contributed by atoms with Crippen molar-refractivity contribution in [2.45, 2.75) is 33.4 Å². The van der Waals surface area contributed by atoms with E-state index in [9.17, 15) is 0 Å². The van der Waals surface area contributed by atoms with Crippen molar-refractivity contribution in [3.8, 4) is 0 Å². The number of thiazole rings is 1. The molecule has 2 atom stereocenters. The maximum Gasteiger partial charge on any atom is 0.0798 e. The summed E-state index contributed by atoms with van der Waals surface area (Å²) in [7, 11) is 2.14. The molecule has 0 aliphatic carbocycles. The Balaban J connectivity index is 2.43. The Kier molecular flexibility index (Phi) is 4.70. The van der Waals surface area contributed by atoms with E-state index >= 15 is 0 Å². The lowest BCUT2D eigenvalue weighted by Crippen LogP contribution is -2.34. The number of hydrogen-bond donors (Lipinski definition) is 1. The molecule has 0 aliphatic heterocycles. The minimum Gasteiger partial charge on any atom is -0.328 e. The van der Waals surface area contributed by atoms with Gasteiger partial charge in [-0.3, -0.25) is 0 Å². The molecule has 0 saturated heterocycles. The lowest BCUT2D eigenvalue weighted by Gasteiger charge is -2.23. The largest absolute Gasteiger partial charge is 0.328 e. The summed E-state index contributed by atoms with van der Waals surface area (Å²) < 4.78 is 0. The van der Waals surface area contributed by atoms with Crippen LogP contribution in [-0.4, -0.2) is 29.5 Å². The standard InChI is InChI=1S/C11H21N3S/c1-8(9(2)12)5-14(4)6-11-10(3)13-7-15-11/h7-9H,5-6,12H2,1-4H3.